The summed E-state index contributed by atoms with van der Waals surface area (Å²) < 4.78 is 5.77. The summed E-state index contributed by atoms with van der Waals surface area (Å²) in [6, 6.07) is 13.2. The van der Waals surface area contributed by atoms with Gasteiger partial charge in [0.1, 0.15) is 5.75 Å². The van der Waals surface area contributed by atoms with E-state index in [1.54, 1.807) is 0 Å². The molecule has 1 atom stereocenters. The van der Waals surface area contributed by atoms with Crippen LogP contribution in [-0.4, -0.2) is 17.7 Å². The smallest absolute Gasteiger partial charge is 0.311 e. The molecule has 0 aliphatic carbocycles. The Bertz CT molecular complexity index is 693. The SMILES string of the molecule is CCCOc1cc(-c2ccc(Cl)cc2)cc(C(C(=O)O)C(C)C)c1. The minimum absolute atomic E-state index is 0.0120. The number of carboxylic acid groups (broad SMARTS) is 1. The van der Waals surface area contributed by atoms with E-state index in [9.17, 15) is 9.90 Å². The van der Waals surface area contributed by atoms with E-state index in [1.165, 1.54) is 0 Å². The van der Waals surface area contributed by atoms with Crippen molar-refractivity contribution in [2.75, 3.05) is 6.61 Å². The molecule has 2 aromatic rings. The van der Waals surface area contributed by atoms with Crippen molar-refractivity contribution in [1.29, 1.82) is 0 Å². The van der Waals surface area contributed by atoms with Gasteiger partial charge in [0.25, 0.3) is 0 Å². The molecule has 24 heavy (non-hydrogen) atoms. The van der Waals surface area contributed by atoms with Crippen molar-refractivity contribution in [3.63, 3.8) is 0 Å². The van der Waals surface area contributed by atoms with E-state index in [1.807, 2.05) is 63.2 Å². The van der Waals surface area contributed by atoms with E-state index in [0.29, 0.717) is 17.4 Å². The van der Waals surface area contributed by atoms with Gasteiger partial charge in [-0.3, -0.25) is 4.79 Å². The van der Waals surface area contributed by atoms with Gasteiger partial charge in [-0.15, -0.1) is 0 Å². The number of ether oxygens (including phenoxy) is 1. The van der Waals surface area contributed by atoms with Gasteiger partial charge < -0.3 is 9.84 Å². The highest BCUT2D eigenvalue weighted by atomic mass is 35.5. The van der Waals surface area contributed by atoms with E-state index in [-0.39, 0.29) is 5.92 Å². The normalized spacial score (nSPS) is 12.2. The van der Waals surface area contributed by atoms with Gasteiger partial charge in [0.05, 0.1) is 12.5 Å². The van der Waals surface area contributed by atoms with Crippen LogP contribution in [0, 0.1) is 5.92 Å². The third-order valence-electron chi connectivity index (χ3n) is 3.87. The van der Waals surface area contributed by atoms with Crippen LogP contribution in [0.4, 0.5) is 0 Å². The third-order valence-corrected chi connectivity index (χ3v) is 4.12. The van der Waals surface area contributed by atoms with E-state index in [4.69, 9.17) is 16.3 Å². The average Bonchev–Trinajstić information content (AvgIpc) is 2.52. The van der Waals surface area contributed by atoms with Gasteiger partial charge in [-0.25, -0.2) is 0 Å². The molecule has 0 saturated carbocycles. The molecular weight excluding hydrogens is 324 g/mol. The zero-order chi connectivity index (χ0) is 17.7. The highest BCUT2D eigenvalue weighted by Crippen LogP contribution is 2.33. The molecule has 128 valence electrons. The maximum absolute atomic E-state index is 11.7. The summed E-state index contributed by atoms with van der Waals surface area (Å²) in [5.41, 5.74) is 2.67. The number of benzene rings is 2. The molecule has 0 radical (unpaired) electrons. The lowest BCUT2D eigenvalue weighted by molar-refractivity contribution is -0.139. The average molecular weight is 347 g/mol. The fourth-order valence-corrected chi connectivity index (χ4v) is 2.85. The molecule has 3 nitrogen and oxygen atoms in total. The van der Waals surface area contributed by atoms with E-state index in [2.05, 4.69) is 0 Å². The monoisotopic (exact) mass is 346 g/mol. The van der Waals surface area contributed by atoms with Crippen LogP contribution in [-0.2, 0) is 4.79 Å². The predicted molar refractivity (Wildman–Crippen MR) is 97.9 cm³/mol. The van der Waals surface area contributed by atoms with Crippen LogP contribution < -0.4 is 4.74 Å². The second-order valence-electron chi connectivity index (χ2n) is 6.21. The van der Waals surface area contributed by atoms with Crippen LogP contribution in [0.2, 0.25) is 5.02 Å². The largest absolute Gasteiger partial charge is 0.494 e. The molecule has 0 bridgehead atoms. The minimum Gasteiger partial charge on any atom is -0.494 e. The van der Waals surface area contributed by atoms with Crippen molar-refractivity contribution in [3.8, 4) is 16.9 Å². The Balaban J connectivity index is 2.51. The second-order valence-corrected chi connectivity index (χ2v) is 6.64. The molecule has 0 spiro atoms. The molecular formula is C20H23ClO3. The Labute approximate surface area is 148 Å². The lowest BCUT2D eigenvalue weighted by atomic mass is 9.87. The van der Waals surface area contributed by atoms with Crippen molar-refractivity contribution < 1.29 is 14.6 Å². The van der Waals surface area contributed by atoms with Gasteiger partial charge in [-0.1, -0.05) is 50.6 Å². The predicted octanol–water partition coefficient (Wildman–Crippen LogP) is 5.62. The topological polar surface area (TPSA) is 46.5 Å². The standard InChI is InChI=1S/C20H23ClO3/c1-4-9-24-18-11-15(14-5-7-17(21)8-6-14)10-16(12-18)19(13(2)3)20(22)23/h5-8,10-13,19H,4,9H2,1-3H3,(H,22,23). The van der Waals surface area contributed by atoms with Gasteiger partial charge in [0.15, 0.2) is 0 Å². The number of halogens is 1. The molecule has 0 aliphatic heterocycles. The Kier molecular flexibility index (Phi) is 6.27. The van der Waals surface area contributed by atoms with Crippen molar-refractivity contribution in [2.45, 2.75) is 33.1 Å². The third kappa shape index (κ3) is 4.51. The first-order valence-corrected chi connectivity index (χ1v) is 8.56. The fourth-order valence-electron chi connectivity index (χ4n) is 2.73. The van der Waals surface area contributed by atoms with E-state index >= 15 is 0 Å². The summed E-state index contributed by atoms with van der Waals surface area (Å²) in [6.07, 6.45) is 0.896. The number of carbonyl (C=O) groups is 1. The molecule has 0 fully saturated rings. The van der Waals surface area contributed by atoms with Crippen LogP contribution in [0.15, 0.2) is 42.5 Å². The van der Waals surface area contributed by atoms with Crippen LogP contribution in [0.3, 0.4) is 0 Å². The lowest BCUT2D eigenvalue weighted by Crippen LogP contribution is -2.17. The van der Waals surface area contributed by atoms with E-state index in [0.717, 1.165) is 23.1 Å². The molecule has 0 amide bonds. The van der Waals surface area contributed by atoms with Crippen LogP contribution in [0.1, 0.15) is 38.7 Å². The molecule has 2 rings (SSSR count). The van der Waals surface area contributed by atoms with E-state index < -0.39 is 11.9 Å². The summed E-state index contributed by atoms with van der Waals surface area (Å²) in [5.74, 6) is -0.700. The summed E-state index contributed by atoms with van der Waals surface area (Å²) in [4.78, 5) is 11.7. The quantitative estimate of drug-likeness (QED) is 0.707. The van der Waals surface area contributed by atoms with Crippen molar-refractivity contribution in [2.24, 2.45) is 5.92 Å². The molecule has 2 aromatic carbocycles. The lowest BCUT2D eigenvalue weighted by Gasteiger charge is -2.19. The maximum Gasteiger partial charge on any atom is 0.311 e. The zero-order valence-electron chi connectivity index (χ0n) is 14.3. The Morgan fingerprint density at radius 1 is 1.12 bits per heavy atom. The zero-order valence-corrected chi connectivity index (χ0v) is 15.0. The van der Waals surface area contributed by atoms with Crippen molar-refractivity contribution in [3.05, 3.63) is 53.1 Å². The highest BCUT2D eigenvalue weighted by Gasteiger charge is 2.24. The molecule has 0 aromatic heterocycles. The Morgan fingerprint density at radius 2 is 1.79 bits per heavy atom. The summed E-state index contributed by atoms with van der Waals surface area (Å²) in [5, 5.41) is 10.3. The highest BCUT2D eigenvalue weighted by molar-refractivity contribution is 6.30. The molecule has 0 heterocycles. The summed E-state index contributed by atoms with van der Waals surface area (Å²) in [7, 11) is 0. The van der Waals surface area contributed by atoms with Gasteiger partial charge in [-0.05, 0) is 53.3 Å². The Morgan fingerprint density at radius 3 is 2.33 bits per heavy atom. The summed E-state index contributed by atoms with van der Waals surface area (Å²) in [6.45, 7) is 6.47. The molecule has 1 unspecified atom stereocenters. The molecule has 1 N–H and O–H groups in total. The van der Waals surface area contributed by atoms with Crippen molar-refractivity contribution in [1.82, 2.24) is 0 Å². The van der Waals surface area contributed by atoms with Crippen molar-refractivity contribution >= 4 is 17.6 Å². The van der Waals surface area contributed by atoms with Crippen LogP contribution in [0.25, 0.3) is 11.1 Å². The first-order chi connectivity index (χ1) is 11.4. The number of aliphatic carboxylic acids is 1. The first-order valence-electron chi connectivity index (χ1n) is 8.19. The number of hydrogen-bond acceptors (Lipinski definition) is 2. The van der Waals surface area contributed by atoms with Gasteiger partial charge in [0.2, 0.25) is 0 Å². The summed E-state index contributed by atoms with van der Waals surface area (Å²) >= 11 is 5.96. The van der Waals surface area contributed by atoms with Crippen LogP contribution >= 0.6 is 11.6 Å². The molecule has 4 heteroatoms. The van der Waals surface area contributed by atoms with Gasteiger partial charge in [0, 0.05) is 5.02 Å². The number of rotatable bonds is 7. The fraction of sp³-hybridized carbons (Fsp3) is 0.350. The van der Waals surface area contributed by atoms with Gasteiger partial charge >= 0.3 is 5.97 Å². The minimum atomic E-state index is -0.820. The number of hydrogen-bond donors (Lipinski definition) is 1. The van der Waals surface area contributed by atoms with Crippen LogP contribution in [0.5, 0.6) is 5.75 Å². The van der Waals surface area contributed by atoms with Gasteiger partial charge in [-0.2, -0.15) is 0 Å². The maximum atomic E-state index is 11.7. The first kappa shape index (κ1) is 18.3. The number of carboxylic acids is 1. The second kappa shape index (κ2) is 8.20. The Hall–Kier alpha value is -2.00. The molecule has 0 aliphatic rings. The molecule has 0 saturated heterocycles.